The molecule has 0 aliphatic heterocycles. The summed E-state index contributed by atoms with van der Waals surface area (Å²) in [5.41, 5.74) is 1.50. The SMILES string of the molecule is CC(C)(C)c1ccc(C(=O)C[C@@H](SCC(=O)O)C(=O)O)cc1. The van der Waals surface area contributed by atoms with Crippen LogP contribution in [0.3, 0.4) is 0 Å². The first kappa shape index (κ1) is 18.2. The summed E-state index contributed by atoms with van der Waals surface area (Å²) in [6, 6.07) is 7.08. The van der Waals surface area contributed by atoms with Crippen LogP contribution in [0.15, 0.2) is 24.3 Å². The lowest BCUT2D eigenvalue weighted by atomic mass is 9.86. The van der Waals surface area contributed by atoms with Crippen LogP contribution in [0.2, 0.25) is 0 Å². The Bertz CT molecular complexity index is 557. The van der Waals surface area contributed by atoms with Crippen LogP contribution in [-0.4, -0.2) is 38.9 Å². The Morgan fingerprint density at radius 1 is 1.09 bits per heavy atom. The molecule has 1 rings (SSSR count). The van der Waals surface area contributed by atoms with Crippen molar-refractivity contribution >= 4 is 29.5 Å². The average Bonchev–Trinajstić information content (AvgIpc) is 2.41. The van der Waals surface area contributed by atoms with Gasteiger partial charge in [0.25, 0.3) is 0 Å². The Hall–Kier alpha value is -1.82. The Morgan fingerprint density at radius 3 is 2.05 bits per heavy atom. The Morgan fingerprint density at radius 2 is 1.64 bits per heavy atom. The normalized spacial score (nSPS) is 12.7. The first-order chi connectivity index (χ1) is 10.1. The van der Waals surface area contributed by atoms with Gasteiger partial charge in [-0.15, -0.1) is 11.8 Å². The molecule has 0 unspecified atom stereocenters. The van der Waals surface area contributed by atoms with E-state index in [1.807, 2.05) is 12.1 Å². The molecule has 1 aromatic rings. The molecular weight excluding hydrogens is 304 g/mol. The van der Waals surface area contributed by atoms with E-state index in [0.29, 0.717) is 5.56 Å². The van der Waals surface area contributed by atoms with Gasteiger partial charge in [0, 0.05) is 12.0 Å². The molecule has 0 aliphatic rings. The van der Waals surface area contributed by atoms with Crippen molar-refractivity contribution in [3.05, 3.63) is 35.4 Å². The predicted molar refractivity (Wildman–Crippen MR) is 85.6 cm³/mol. The minimum Gasteiger partial charge on any atom is -0.481 e. The van der Waals surface area contributed by atoms with E-state index >= 15 is 0 Å². The first-order valence-corrected chi connectivity index (χ1v) is 7.86. The van der Waals surface area contributed by atoms with Crippen molar-refractivity contribution in [1.82, 2.24) is 0 Å². The molecule has 0 aromatic heterocycles. The lowest BCUT2D eigenvalue weighted by Crippen LogP contribution is -2.22. The van der Waals surface area contributed by atoms with Crippen molar-refractivity contribution in [1.29, 1.82) is 0 Å². The van der Waals surface area contributed by atoms with Gasteiger partial charge in [0.05, 0.1) is 5.75 Å². The predicted octanol–water partition coefficient (Wildman–Crippen LogP) is 2.83. The second kappa shape index (κ2) is 7.45. The molecule has 6 heteroatoms. The number of ketones is 1. The summed E-state index contributed by atoms with van der Waals surface area (Å²) < 4.78 is 0. The van der Waals surface area contributed by atoms with Crippen LogP contribution in [-0.2, 0) is 15.0 Å². The van der Waals surface area contributed by atoms with Gasteiger partial charge in [-0.3, -0.25) is 14.4 Å². The number of aliphatic carboxylic acids is 2. The van der Waals surface area contributed by atoms with E-state index in [-0.39, 0.29) is 23.4 Å². The van der Waals surface area contributed by atoms with Gasteiger partial charge in [0.2, 0.25) is 0 Å². The third kappa shape index (κ3) is 5.52. The number of hydrogen-bond donors (Lipinski definition) is 2. The summed E-state index contributed by atoms with van der Waals surface area (Å²) >= 11 is 0.748. The van der Waals surface area contributed by atoms with Crippen LogP contribution in [0, 0.1) is 0 Å². The van der Waals surface area contributed by atoms with Gasteiger partial charge in [0.15, 0.2) is 5.78 Å². The van der Waals surface area contributed by atoms with Crippen LogP contribution >= 0.6 is 11.8 Å². The highest BCUT2D eigenvalue weighted by molar-refractivity contribution is 8.01. The minimum absolute atomic E-state index is 0.0253. The van der Waals surface area contributed by atoms with Gasteiger partial charge < -0.3 is 10.2 Å². The number of carbonyl (C=O) groups excluding carboxylic acids is 1. The largest absolute Gasteiger partial charge is 0.481 e. The van der Waals surface area contributed by atoms with E-state index in [4.69, 9.17) is 10.2 Å². The van der Waals surface area contributed by atoms with Crippen molar-refractivity contribution in [2.45, 2.75) is 37.9 Å². The quantitative estimate of drug-likeness (QED) is 0.749. The molecule has 0 saturated carbocycles. The maximum absolute atomic E-state index is 12.1. The van der Waals surface area contributed by atoms with Crippen molar-refractivity contribution in [3.63, 3.8) is 0 Å². The lowest BCUT2D eigenvalue weighted by molar-refractivity contribution is -0.136. The monoisotopic (exact) mass is 324 g/mol. The average molecular weight is 324 g/mol. The molecule has 0 spiro atoms. The van der Waals surface area contributed by atoms with Gasteiger partial charge in [-0.2, -0.15) is 0 Å². The molecule has 0 radical (unpaired) electrons. The number of carbonyl (C=O) groups is 3. The van der Waals surface area contributed by atoms with Crippen LogP contribution in [0.5, 0.6) is 0 Å². The molecule has 2 N–H and O–H groups in total. The van der Waals surface area contributed by atoms with E-state index < -0.39 is 17.2 Å². The van der Waals surface area contributed by atoms with E-state index in [1.165, 1.54) is 0 Å². The highest BCUT2D eigenvalue weighted by Crippen LogP contribution is 2.23. The zero-order valence-electron chi connectivity index (χ0n) is 12.8. The fraction of sp³-hybridized carbons (Fsp3) is 0.438. The third-order valence-electron chi connectivity index (χ3n) is 3.13. The van der Waals surface area contributed by atoms with Gasteiger partial charge in [0.1, 0.15) is 5.25 Å². The number of Topliss-reactive ketones (excluding diaryl/α,β-unsaturated/α-hetero) is 1. The van der Waals surface area contributed by atoms with Crippen LogP contribution < -0.4 is 0 Å². The molecule has 0 bridgehead atoms. The fourth-order valence-electron chi connectivity index (χ4n) is 1.83. The minimum atomic E-state index is -1.18. The van der Waals surface area contributed by atoms with Gasteiger partial charge >= 0.3 is 11.9 Å². The molecule has 0 amide bonds. The fourth-order valence-corrected chi connectivity index (χ4v) is 2.59. The summed E-state index contributed by atoms with van der Waals surface area (Å²) in [5, 5.41) is 16.6. The van der Waals surface area contributed by atoms with E-state index in [2.05, 4.69) is 20.8 Å². The summed E-state index contributed by atoms with van der Waals surface area (Å²) in [4.78, 5) is 33.8. The molecule has 22 heavy (non-hydrogen) atoms. The number of hydrogen-bond acceptors (Lipinski definition) is 4. The van der Waals surface area contributed by atoms with Gasteiger partial charge in [-0.1, -0.05) is 45.0 Å². The molecule has 1 aromatic carbocycles. The molecule has 0 fully saturated rings. The third-order valence-corrected chi connectivity index (χ3v) is 4.31. The van der Waals surface area contributed by atoms with Crippen LogP contribution in [0.4, 0.5) is 0 Å². The molecular formula is C16H20O5S. The molecule has 0 saturated heterocycles. The van der Waals surface area contributed by atoms with E-state index in [9.17, 15) is 14.4 Å². The molecule has 0 aliphatic carbocycles. The summed E-state index contributed by atoms with van der Waals surface area (Å²) in [7, 11) is 0. The van der Waals surface area contributed by atoms with Crippen LogP contribution in [0.25, 0.3) is 0 Å². The van der Waals surface area contributed by atoms with Gasteiger partial charge in [-0.05, 0) is 11.0 Å². The second-order valence-electron chi connectivity index (χ2n) is 5.99. The van der Waals surface area contributed by atoms with Gasteiger partial charge in [-0.25, -0.2) is 0 Å². The smallest absolute Gasteiger partial charge is 0.317 e. The van der Waals surface area contributed by atoms with Crippen molar-refractivity contribution in [2.75, 3.05) is 5.75 Å². The van der Waals surface area contributed by atoms with Crippen molar-refractivity contribution < 1.29 is 24.6 Å². The molecule has 0 heterocycles. The maximum Gasteiger partial charge on any atom is 0.317 e. The zero-order valence-corrected chi connectivity index (χ0v) is 13.6. The second-order valence-corrected chi connectivity index (χ2v) is 7.18. The highest BCUT2D eigenvalue weighted by Gasteiger charge is 2.24. The summed E-state index contributed by atoms with van der Waals surface area (Å²) in [6.45, 7) is 6.19. The number of rotatable bonds is 7. The summed E-state index contributed by atoms with van der Waals surface area (Å²) in [6.07, 6.45) is -0.220. The molecule has 5 nitrogen and oxygen atoms in total. The Kier molecular flexibility index (Phi) is 6.17. The maximum atomic E-state index is 12.1. The number of thioether (sulfide) groups is 1. The highest BCUT2D eigenvalue weighted by atomic mass is 32.2. The molecule has 120 valence electrons. The Balaban J connectivity index is 2.77. The van der Waals surface area contributed by atoms with E-state index in [1.54, 1.807) is 12.1 Å². The number of benzene rings is 1. The standard InChI is InChI=1S/C16H20O5S/c1-16(2,3)11-6-4-10(5-7-11)12(17)8-13(15(20)21)22-9-14(18)19/h4-7,13H,8-9H2,1-3H3,(H,18,19)(H,20,21)/t13-/m1/s1. The number of carboxylic acids is 2. The van der Waals surface area contributed by atoms with E-state index in [0.717, 1.165) is 17.3 Å². The van der Waals surface area contributed by atoms with Crippen molar-refractivity contribution in [2.24, 2.45) is 0 Å². The zero-order chi connectivity index (χ0) is 16.9. The van der Waals surface area contributed by atoms with Crippen molar-refractivity contribution in [3.8, 4) is 0 Å². The topological polar surface area (TPSA) is 91.7 Å². The molecule has 1 atom stereocenters. The number of carboxylic acid groups (broad SMARTS) is 2. The summed E-state index contributed by atoms with van der Waals surface area (Å²) in [5.74, 6) is -2.91. The first-order valence-electron chi connectivity index (χ1n) is 6.81. The Labute approximate surface area is 133 Å². The lowest BCUT2D eigenvalue weighted by Gasteiger charge is -2.19. The van der Waals surface area contributed by atoms with Crippen LogP contribution in [0.1, 0.15) is 43.1 Å².